The Kier molecular flexibility index (Phi) is 3.61. The Balaban J connectivity index is 2.10. The molecule has 0 saturated heterocycles. The number of ketones is 1. The van der Waals surface area contributed by atoms with E-state index < -0.39 is 0 Å². The van der Waals surface area contributed by atoms with E-state index in [-0.39, 0.29) is 5.92 Å². The summed E-state index contributed by atoms with van der Waals surface area (Å²) in [6.45, 7) is 8.79. The van der Waals surface area contributed by atoms with E-state index in [9.17, 15) is 4.79 Å². The number of benzene rings is 1. The van der Waals surface area contributed by atoms with Gasteiger partial charge in [-0.25, -0.2) is 0 Å². The number of aryl methyl sites for hydroxylation is 2. The fourth-order valence-electron chi connectivity index (χ4n) is 2.79. The first-order valence-corrected chi connectivity index (χ1v) is 7.00. The molecule has 1 aromatic carbocycles. The SMILES string of the molecule is Cc1ccc(C(=O)C2CCC(C)(C)CC2)cc1C. The van der Waals surface area contributed by atoms with Gasteiger partial charge in [0.1, 0.15) is 0 Å². The maximum atomic E-state index is 12.5. The second-order valence-corrected chi connectivity index (χ2v) is 6.60. The number of carbonyl (C=O) groups excluding carboxylic acids is 1. The lowest BCUT2D eigenvalue weighted by molar-refractivity contribution is 0.0838. The maximum absolute atomic E-state index is 12.5. The molecular weight excluding hydrogens is 220 g/mol. The maximum Gasteiger partial charge on any atom is 0.165 e. The number of hydrogen-bond acceptors (Lipinski definition) is 1. The average Bonchev–Trinajstić information content (AvgIpc) is 2.32. The lowest BCUT2D eigenvalue weighted by atomic mass is 9.71. The first kappa shape index (κ1) is 13.3. The van der Waals surface area contributed by atoms with Gasteiger partial charge in [0.25, 0.3) is 0 Å². The van der Waals surface area contributed by atoms with Gasteiger partial charge >= 0.3 is 0 Å². The summed E-state index contributed by atoms with van der Waals surface area (Å²) in [7, 11) is 0. The molecule has 2 rings (SSSR count). The normalized spacial score (nSPS) is 19.8. The molecule has 0 unspecified atom stereocenters. The van der Waals surface area contributed by atoms with Crippen LogP contribution in [0.5, 0.6) is 0 Å². The molecule has 1 aliphatic carbocycles. The van der Waals surface area contributed by atoms with Gasteiger partial charge in [0, 0.05) is 11.5 Å². The van der Waals surface area contributed by atoms with Gasteiger partial charge in [-0.15, -0.1) is 0 Å². The van der Waals surface area contributed by atoms with Gasteiger partial charge in [0.15, 0.2) is 5.78 Å². The van der Waals surface area contributed by atoms with Crippen molar-refractivity contribution >= 4 is 5.78 Å². The molecule has 18 heavy (non-hydrogen) atoms. The van der Waals surface area contributed by atoms with E-state index in [2.05, 4.69) is 39.8 Å². The van der Waals surface area contributed by atoms with Crippen molar-refractivity contribution in [1.82, 2.24) is 0 Å². The Morgan fingerprint density at radius 1 is 1.11 bits per heavy atom. The molecule has 0 atom stereocenters. The summed E-state index contributed by atoms with van der Waals surface area (Å²) in [6, 6.07) is 6.11. The highest BCUT2D eigenvalue weighted by Gasteiger charge is 2.30. The molecule has 1 fully saturated rings. The summed E-state index contributed by atoms with van der Waals surface area (Å²) in [5.74, 6) is 0.605. The Morgan fingerprint density at radius 3 is 2.28 bits per heavy atom. The van der Waals surface area contributed by atoms with Gasteiger partial charge in [-0.3, -0.25) is 4.79 Å². The lowest BCUT2D eigenvalue weighted by Crippen LogP contribution is -2.26. The molecule has 0 aliphatic heterocycles. The summed E-state index contributed by atoms with van der Waals surface area (Å²) in [5, 5.41) is 0. The third kappa shape index (κ3) is 2.82. The summed E-state index contributed by atoms with van der Waals surface area (Å²) in [5.41, 5.74) is 3.82. The van der Waals surface area contributed by atoms with Crippen molar-refractivity contribution in [2.75, 3.05) is 0 Å². The molecule has 1 nitrogen and oxygen atoms in total. The second-order valence-electron chi connectivity index (χ2n) is 6.60. The molecule has 1 aliphatic rings. The molecule has 0 N–H and O–H groups in total. The Labute approximate surface area is 111 Å². The van der Waals surface area contributed by atoms with E-state index in [4.69, 9.17) is 0 Å². The molecular formula is C17H24O. The smallest absolute Gasteiger partial charge is 0.165 e. The summed E-state index contributed by atoms with van der Waals surface area (Å²) < 4.78 is 0. The molecule has 0 radical (unpaired) electrons. The largest absolute Gasteiger partial charge is 0.294 e. The molecule has 0 heterocycles. The molecule has 0 spiro atoms. The zero-order valence-corrected chi connectivity index (χ0v) is 12.0. The first-order chi connectivity index (χ1) is 8.39. The van der Waals surface area contributed by atoms with Crippen LogP contribution in [0.4, 0.5) is 0 Å². The van der Waals surface area contributed by atoms with Crippen LogP contribution >= 0.6 is 0 Å². The van der Waals surface area contributed by atoms with E-state index in [0.29, 0.717) is 11.2 Å². The molecule has 98 valence electrons. The minimum absolute atomic E-state index is 0.250. The molecule has 1 aromatic rings. The van der Waals surface area contributed by atoms with Crippen molar-refractivity contribution in [3.63, 3.8) is 0 Å². The number of Topliss-reactive ketones (excluding diaryl/α,β-unsaturated/α-hetero) is 1. The number of rotatable bonds is 2. The van der Waals surface area contributed by atoms with E-state index in [1.807, 2.05) is 6.07 Å². The highest BCUT2D eigenvalue weighted by Crippen LogP contribution is 2.39. The highest BCUT2D eigenvalue weighted by molar-refractivity contribution is 5.98. The van der Waals surface area contributed by atoms with Gasteiger partial charge in [-0.2, -0.15) is 0 Å². The van der Waals surface area contributed by atoms with Crippen LogP contribution in [-0.2, 0) is 0 Å². The quantitative estimate of drug-likeness (QED) is 0.689. The highest BCUT2D eigenvalue weighted by atomic mass is 16.1. The minimum Gasteiger partial charge on any atom is -0.294 e. The van der Waals surface area contributed by atoms with Crippen LogP contribution in [0.1, 0.15) is 61.0 Å². The minimum atomic E-state index is 0.250. The van der Waals surface area contributed by atoms with Gasteiger partial charge in [0.05, 0.1) is 0 Å². The van der Waals surface area contributed by atoms with Gasteiger partial charge < -0.3 is 0 Å². The van der Waals surface area contributed by atoms with Gasteiger partial charge in [-0.05, 0) is 62.1 Å². The van der Waals surface area contributed by atoms with Crippen molar-refractivity contribution in [2.45, 2.75) is 53.4 Å². The molecule has 0 bridgehead atoms. The van der Waals surface area contributed by atoms with Crippen LogP contribution in [0.15, 0.2) is 18.2 Å². The third-order valence-corrected chi connectivity index (χ3v) is 4.50. The van der Waals surface area contributed by atoms with Crippen LogP contribution in [0.2, 0.25) is 0 Å². The molecule has 0 aromatic heterocycles. The molecule has 1 heteroatoms. The third-order valence-electron chi connectivity index (χ3n) is 4.50. The van der Waals surface area contributed by atoms with Crippen LogP contribution in [-0.4, -0.2) is 5.78 Å². The zero-order chi connectivity index (χ0) is 13.3. The standard InChI is InChI=1S/C17H24O/c1-12-5-6-15(11-13(12)2)16(18)14-7-9-17(3,4)10-8-14/h5-6,11,14H,7-10H2,1-4H3. The zero-order valence-electron chi connectivity index (χ0n) is 12.0. The molecule has 1 saturated carbocycles. The van der Waals surface area contributed by atoms with Crippen molar-refractivity contribution in [3.05, 3.63) is 34.9 Å². The summed E-state index contributed by atoms with van der Waals surface area (Å²) in [6.07, 6.45) is 4.46. The second kappa shape index (κ2) is 4.87. The summed E-state index contributed by atoms with van der Waals surface area (Å²) >= 11 is 0. The Morgan fingerprint density at radius 2 is 1.72 bits per heavy atom. The van der Waals surface area contributed by atoms with Gasteiger partial charge in [-0.1, -0.05) is 26.0 Å². The van der Waals surface area contributed by atoms with Crippen LogP contribution < -0.4 is 0 Å². The van der Waals surface area contributed by atoms with Crippen molar-refractivity contribution in [3.8, 4) is 0 Å². The van der Waals surface area contributed by atoms with E-state index >= 15 is 0 Å². The molecule has 0 amide bonds. The number of hydrogen-bond donors (Lipinski definition) is 0. The van der Waals surface area contributed by atoms with Crippen molar-refractivity contribution in [1.29, 1.82) is 0 Å². The van der Waals surface area contributed by atoms with E-state index in [0.717, 1.165) is 18.4 Å². The van der Waals surface area contributed by atoms with Crippen molar-refractivity contribution < 1.29 is 4.79 Å². The van der Waals surface area contributed by atoms with Crippen LogP contribution in [0.3, 0.4) is 0 Å². The summed E-state index contributed by atoms with van der Waals surface area (Å²) in [4.78, 5) is 12.5. The van der Waals surface area contributed by atoms with E-state index in [1.54, 1.807) is 0 Å². The Hall–Kier alpha value is -1.11. The van der Waals surface area contributed by atoms with Gasteiger partial charge in [0.2, 0.25) is 0 Å². The first-order valence-electron chi connectivity index (χ1n) is 7.00. The predicted molar refractivity (Wildman–Crippen MR) is 76.0 cm³/mol. The van der Waals surface area contributed by atoms with E-state index in [1.165, 1.54) is 24.0 Å². The fourth-order valence-corrected chi connectivity index (χ4v) is 2.79. The number of carbonyl (C=O) groups is 1. The Bertz CT molecular complexity index is 447. The monoisotopic (exact) mass is 244 g/mol. The van der Waals surface area contributed by atoms with Crippen LogP contribution in [0.25, 0.3) is 0 Å². The lowest BCUT2D eigenvalue weighted by Gasteiger charge is -2.33. The topological polar surface area (TPSA) is 17.1 Å². The van der Waals surface area contributed by atoms with Crippen molar-refractivity contribution in [2.24, 2.45) is 11.3 Å². The fraction of sp³-hybridized carbons (Fsp3) is 0.588. The predicted octanol–water partition coefficient (Wildman–Crippen LogP) is 4.70. The van der Waals surface area contributed by atoms with Crippen LogP contribution in [0, 0.1) is 25.2 Å². The average molecular weight is 244 g/mol.